The molecule has 4 heteroatoms. The molecule has 1 aliphatic heterocycles. The summed E-state index contributed by atoms with van der Waals surface area (Å²) in [6.45, 7) is 4.02. The second kappa shape index (κ2) is 7.82. The lowest BCUT2D eigenvalue weighted by molar-refractivity contribution is 0.0926. The zero-order chi connectivity index (χ0) is 12.1. The summed E-state index contributed by atoms with van der Waals surface area (Å²) in [5, 5.41) is 3.38. The van der Waals surface area contributed by atoms with E-state index in [1.165, 1.54) is 12.8 Å². The highest BCUT2D eigenvalue weighted by Crippen LogP contribution is 2.32. The molecule has 1 N–H and O–H groups in total. The molecule has 100 valence electrons. The summed E-state index contributed by atoms with van der Waals surface area (Å²) in [7, 11) is 0. The number of nitrogens with one attached hydrogen (secondary N) is 1. The lowest BCUT2D eigenvalue weighted by Gasteiger charge is -2.22. The van der Waals surface area contributed by atoms with Crippen LogP contribution < -0.4 is 5.32 Å². The first-order valence-electron chi connectivity index (χ1n) is 6.29. The summed E-state index contributed by atoms with van der Waals surface area (Å²) < 4.78 is 0. The Hall–Kier alpha value is -0.510. The second-order valence-corrected chi connectivity index (χ2v) is 5.49. The fourth-order valence-corrected chi connectivity index (χ4v) is 3.16. The van der Waals surface area contributed by atoms with E-state index in [2.05, 4.69) is 12.2 Å². The molecule has 18 heavy (non-hydrogen) atoms. The predicted octanol–water partition coefficient (Wildman–Crippen LogP) is 3.40. The molecule has 0 spiro atoms. The number of rotatable bonds is 5. The van der Waals surface area contributed by atoms with Crippen LogP contribution in [0.3, 0.4) is 0 Å². The molecule has 0 saturated carbocycles. The van der Waals surface area contributed by atoms with E-state index in [0.29, 0.717) is 5.78 Å². The summed E-state index contributed by atoms with van der Waals surface area (Å²) in [4.78, 5) is 13.4. The Morgan fingerprint density at radius 3 is 2.94 bits per heavy atom. The van der Waals surface area contributed by atoms with Gasteiger partial charge in [-0.15, -0.1) is 24.2 Å². The Labute approximate surface area is 119 Å². The monoisotopic (exact) mass is 285 g/mol. The molecule has 0 radical (unpaired) electrons. The van der Waals surface area contributed by atoms with Gasteiger partial charge in [0.05, 0.1) is 0 Å². The minimum absolute atomic E-state index is 0. The van der Waals surface area contributed by atoms with Crippen LogP contribution in [0.15, 0.2) is 29.2 Å². The number of hydrogen-bond acceptors (Lipinski definition) is 3. The van der Waals surface area contributed by atoms with Crippen molar-refractivity contribution in [1.82, 2.24) is 5.32 Å². The molecule has 0 saturated heterocycles. The normalized spacial score (nSPS) is 18.1. The largest absolute Gasteiger partial charge is 0.316 e. The maximum atomic E-state index is 12.2. The molecule has 1 heterocycles. The number of carbonyl (C=O) groups is 1. The zero-order valence-electron chi connectivity index (χ0n) is 10.6. The van der Waals surface area contributed by atoms with Crippen molar-refractivity contribution in [2.24, 2.45) is 5.92 Å². The van der Waals surface area contributed by atoms with Gasteiger partial charge in [-0.05, 0) is 19.0 Å². The van der Waals surface area contributed by atoms with E-state index >= 15 is 0 Å². The minimum Gasteiger partial charge on any atom is -0.316 e. The molecule has 1 aliphatic rings. The zero-order valence-corrected chi connectivity index (χ0v) is 12.3. The van der Waals surface area contributed by atoms with Crippen molar-refractivity contribution in [1.29, 1.82) is 0 Å². The van der Waals surface area contributed by atoms with Gasteiger partial charge < -0.3 is 5.32 Å². The number of Topliss-reactive ketones (excluding diaryl/α,β-unsaturated/α-hetero) is 1. The van der Waals surface area contributed by atoms with Crippen LogP contribution in [-0.2, 0) is 0 Å². The van der Waals surface area contributed by atoms with Crippen LogP contribution >= 0.6 is 24.2 Å². The van der Waals surface area contributed by atoms with E-state index < -0.39 is 0 Å². The summed E-state index contributed by atoms with van der Waals surface area (Å²) >= 11 is 1.80. The van der Waals surface area contributed by atoms with Crippen molar-refractivity contribution in [2.45, 2.75) is 24.7 Å². The van der Waals surface area contributed by atoms with E-state index in [4.69, 9.17) is 0 Å². The number of carbonyl (C=O) groups excluding carboxylic acids is 1. The van der Waals surface area contributed by atoms with Gasteiger partial charge in [-0.1, -0.05) is 31.5 Å². The van der Waals surface area contributed by atoms with Gasteiger partial charge in [0.15, 0.2) is 5.78 Å². The number of benzene rings is 1. The van der Waals surface area contributed by atoms with Gasteiger partial charge in [0.25, 0.3) is 0 Å². The highest BCUT2D eigenvalue weighted by Gasteiger charge is 2.26. The first kappa shape index (κ1) is 15.5. The number of ketones is 1. The molecule has 2 nitrogen and oxygen atoms in total. The maximum Gasteiger partial charge on any atom is 0.169 e. The van der Waals surface area contributed by atoms with Crippen LogP contribution in [0.2, 0.25) is 0 Å². The predicted molar refractivity (Wildman–Crippen MR) is 80.0 cm³/mol. The van der Waals surface area contributed by atoms with Crippen LogP contribution in [0.5, 0.6) is 0 Å². The van der Waals surface area contributed by atoms with E-state index in [0.717, 1.165) is 29.3 Å². The Morgan fingerprint density at radius 2 is 2.17 bits per heavy atom. The lowest BCUT2D eigenvalue weighted by atomic mass is 9.98. The molecule has 0 fully saturated rings. The molecule has 1 aromatic rings. The van der Waals surface area contributed by atoms with Crippen molar-refractivity contribution in [3.63, 3.8) is 0 Å². The standard InChI is InChI=1S/C14H19NOS.ClH/c1-2-3-8-15-9-11-10-17-13-7-5-4-6-12(13)14(11)16;/h4-7,11,15H,2-3,8-10H2,1H3;1H. The highest BCUT2D eigenvalue weighted by molar-refractivity contribution is 7.99. The number of hydrogen-bond donors (Lipinski definition) is 1. The Kier molecular flexibility index (Phi) is 6.76. The number of halogens is 1. The van der Waals surface area contributed by atoms with Gasteiger partial charge in [0, 0.05) is 28.7 Å². The highest BCUT2D eigenvalue weighted by atomic mass is 35.5. The first-order chi connectivity index (χ1) is 8.33. The van der Waals surface area contributed by atoms with Crippen molar-refractivity contribution >= 4 is 30.0 Å². The molecule has 0 aromatic heterocycles. The topological polar surface area (TPSA) is 29.1 Å². The molecule has 1 aromatic carbocycles. The fraction of sp³-hybridized carbons (Fsp3) is 0.500. The summed E-state index contributed by atoms with van der Waals surface area (Å²) in [5.74, 6) is 1.37. The molecule has 1 atom stereocenters. The van der Waals surface area contributed by atoms with Crippen LogP contribution in [0.1, 0.15) is 30.1 Å². The van der Waals surface area contributed by atoms with Gasteiger partial charge >= 0.3 is 0 Å². The van der Waals surface area contributed by atoms with Crippen LogP contribution in [0.4, 0.5) is 0 Å². The maximum absolute atomic E-state index is 12.2. The molecule has 1 unspecified atom stereocenters. The van der Waals surface area contributed by atoms with Crippen LogP contribution in [0, 0.1) is 5.92 Å². The van der Waals surface area contributed by atoms with Gasteiger partial charge in [0.2, 0.25) is 0 Å². The smallest absolute Gasteiger partial charge is 0.169 e. The Balaban J connectivity index is 0.00000162. The third-order valence-electron chi connectivity index (χ3n) is 3.06. The number of fused-ring (bicyclic) bond motifs is 1. The third-order valence-corrected chi connectivity index (χ3v) is 4.30. The number of unbranched alkanes of at least 4 members (excludes halogenated alkanes) is 1. The first-order valence-corrected chi connectivity index (χ1v) is 7.28. The van der Waals surface area contributed by atoms with Gasteiger partial charge in [-0.25, -0.2) is 0 Å². The fourth-order valence-electron chi connectivity index (χ4n) is 2.01. The molecule has 0 bridgehead atoms. The van der Waals surface area contributed by atoms with Crippen molar-refractivity contribution in [3.05, 3.63) is 29.8 Å². The van der Waals surface area contributed by atoms with Crippen molar-refractivity contribution in [3.8, 4) is 0 Å². The van der Waals surface area contributed by atoms with Crippen LogP contribution in [0.25, 0.3) is 0 Å². The second-order valence-electron chi connectivity index (χ2n) is 4.43. The third kappa shape index (κ3) is 3.74. The summed E-state index contributed by atoms with van der Waals surface area (Å²) in [6.07, 6.45) is 2.38. The summed E-state index contributed by atoms with van der Waals surface area (Å²) in [5.41, 5.74) is 0.908. The van der Waals surface area contributed by atoms with E-state index in [1.54, 1.807) is 11.8 Å². The minimum atomic E-state index is 0. The molecule has 0 amide bonds. The molecular formula is C14H20ClNOS. The van der Waals surface area contributed by atoms with Crippen molar-refractivity contribution < 1.29 is 4.79 Å². The Bertz CT molecular complexity index is 397. The van der Waals surface area contributed by atoms with Gasteiger partial charge in [-0.2, -0.15) is 0 Å². The van der Waals surface area contributed by atoms with E-state index in [9.17, 15) is 4.79 Å². The summed E-state index contributed by atoms with van der Waals surface area (Å²) in [6, 6.07) is 7.94. The molecule has 2 rings (SSSR count). The molecular weight excluding hydrogens is 266 g/mol. The lowest BCUT2D eigenvalue weighted by Crippen LogP contribution is -2.33. The van der Waals surface area contributed by atoms with E-state index in [1.807, 2.05) is 24.3 Å². The average Bonchev–Trinajstić information content (AvgIpc) is 2.37. The van der Waals surface area contributed by atoms with Crippen LogP contribution in [-0.4, -0.2) is 24.6 Å². The Morgan fingerprint density at radius 1 is 1.39 bits per heavy atom. The quantitative estimate of drug-likeness (QED) is 0.841. The van der Waals surface area contributed by atoms with E-state index in [-0.39, 0.29) is 18.3 Å². The SMILES string of the molecule is CCCCNCC1CSc2ccccc2C1=O.Cl. The van der Waals surface area contributed by atoms with Gasteiger partial charge in [0.1, 0.15) is 0 Å². The number of thioether (sulfide) groups is 1. The van der Waals surface area contributed by atoms with Crippen molar-refractivity contribution in [2.75, 3.05) is 18.8 Å². The van der Waals surface area contributed by atoms with Gasteiger partial charge in [-0.3, -0.25) is 4.79 Å². The average molecular weight is 286 g/mol. The molecule has 0 aliphatic carbocycles.